The monoisotopic (exact) mass is 447 g/mol. The minimum absolute atomic E-state index is 0.0502. The van der Waals surface area contributed by atoms with E-state index in [0.29, 0.717) is 11.1 Å². The second-order valence-corrected chi connectivity index (χ2v) is 8.56. The molecule has 10 heteroatoms. The summed E-state index contributed by atoms with van der Waals surface area (Å²) < 4.78 is 11.0. The lowest BCUT2D eigenvalue weighted by molar-refractivity contribution is -0.145. The fraction of sp³-hybridized carbons (Fsp3) is 0.333. The number of carboxylic acids is 1. The third-order valence-corrected chi connectivity index (χ3v) is 4.85. The Hall–Kier alpha value is -3.24. The molecule has 1 aromatic heterocycles. The zero-order valence-electron chi connectivity index (χ0n) is 17.5. The van der Waals surface area contributed by atoms with Crippen LogP contribution in [0, 0.1) is 0 Å². The molecular weight excluding hydrogens is 422 g/mol. The Balaban J connectivity index is 2.16. The van der Waals surface area contributed by atoms with Gasteiger partial charge >= 0.3 is 11.9 Å². The summed E-state index contributed by atoms with van der Waals surface area (Å²) >= 11 is 1.10. The number of rotatable bonds is 10. The summed E-state index contributed by atoms with van der Waals surface area (Å²) in [6.07, 6.45) is 0.736. The van der Waals surface area contributed by atoms with E-state index >= 15 is 0 Å². The lowest BCUT2D eigenvalue weighted by Gasteiger charge is -2.25. The van der Waals surface area contributed by atoms with Crippen molar-refractivity contribution in [1.82, 2.24) is 10.3 Å². The van der Waals surface area contributed by atoms with Crippen LogP contribution in [0.3, 0.4) is 0 Å². The average Bonchev–Trinajstić information content (AvgIpc) is 3.13. The van der Waals surface area contributed by atoms with Crippen molar-refractivity contribution < 1.29 is 29.0 Å². The number of amides is 1. The van der Waals surface area contributed by atoms with Crippen LogP contribution in [0.2, 0.25) is 0 Å². The standard InChI is InChI=1S/C21H25N3O6S/c1-21(2,3)23-11-14(30-16(27)10-9-15(25)26)12-29-19-17(18(22)28)31-20(24-19)13-7-5-4-6-8-13/h4-10,14,23H,11-12H2,1-3H3,(H2,22,28)(H,25,26)/b10-9-/t14-/m0/s1. The Kier molecular flexibility index (Phi) is 8.29. The molecule has 0 bridgehead atoms. The number of hydrogen-bond acceptors (Lipinski definition) is 8. The summed E-state index contributed by atoms with van der Waals surface area (Å²) in [5.74, 6) is -2.72. The number of carboxylic acid groups (broad SMARTS) is 1. The number of ether oxygens (including phenoxy) is 2. The minimum Gasteiger partial charge on any atom is -0.478 e. The zero-order chi connectivity index (χ0) is 23.0. The Morgan fingerprint density at radius 2 is 1.90 bits per heavy atom. The van der Waals surface area contributed by atoms with Crippen LogP contribution < -0.4 is 15.8 Å². The molecule has 0 aliphatic rings. The fourth-order valence-electron chi connectivity index (χ4n) is 2.33. The number of nitrogens with two attached hydrogens (primary N) is 1. The van der Waals surface area contributed by atoms with Crippen LogP contribution in [0.5, 0.6) is 5.88 Å². The fourth-order valence-corrected chi connectivity index (χ4v) is 3.20. The van der Waals surface area contributed by atoms with Crippen molar-refractivity contribution in [2.45, 2.75) is 32.4 Å². The van der Waals surface area contributed by atoms with Gasteiger partial charge in [0.05, 0.1) is 0 Å². The molecule has 0 aliphatic heterocycles. The highest BCUT2D eigenvalue weighted by Crippen LogP contribution is 2.32. The first kappa shape index (κ1) is 24.0. The molecule has 0 spiro atoms. The predicted molar refractivity (Wildman–Crippen MR) is 116 cm³/mol. The molecule has 1 amide bonds. The second-order valence-electron chi connectivity index (χ2n) is 7.56. The number of hydrogen-bond donors (Lipinski definition) is 3. The summed E-state index contributed by atoms with van der Waals surface area (Å²) in [6.45, 7) is 5.93. The highest BCUT2D eigenvalue weighted by molar-refractivity contribution is 7.17. The van der Waals surface area contributed by atoms with E-state index in [1.54, 1.807) is 0 Å². The van der Waals surface area contributed by atoms with Crippen molar-refractivity contribution in [2.75, 3.05) is 13.2 Å². The molecule has 9 nitrogen and oxygen atoms in total. The molecule has 2 rings (SSSR count). The van der Waals surface area contributed by atoms with Gasteiger partial charge in [-0.2, -0.15) is 0 Å². The van der Waals surface area contributed by atoms with Crippen LogP contribution in [-0.4, -0.2) is 52.7 Å². The van der Waals surface area contributed by atoms with Crippen molar-refractivity contribution in [1.29, 1.82) is 0 Å². The van der Waals surface area contributed by atoms with Gasteiger partial charge in [-0.25, -0.2) is 14.6 Å². The van der Waals surface area contributed by atoms with Gasteiger partial charge in [-0.3, -0.25) is 4.79 Å². The molecule has 1 aromatic carbocycles. The molecule has 0 saturated heterocycles. The number of thiazole rings is 1. The molecule has 0 aliphatic carbocycles. The first-order valence-electron chi connectivity index (χ1n) is 9.40. The Morgan fingerprint density at radius 3 is 2.48 bits per heavy atom. The number of nitrogens with zero attached hydrogens (tertiary/aromatic N) is 1. The van der Waals surface area contributed by atoms with E-state index in [-0.39, 0.29) is 29.4 Å². The van der Waals surface area contributed by atoms with E-state index in [1.165, 1.54) is 0 Å². The quantitative estimate of drug-likeness (QED) is 0.372. The van der Waals surface area contributed by atoms with Gasteiger partial charge in [0.25, 0.3) is 5.91 Å². The third kappa shape index (κ3) is 8.19. The Bertz CT molecular complexity index is 950. The number of benzene rings is 1. The largest absolute Gasteiger partial charge is 0.478 e. The third-order valence-electron chi connectivity index (χ3n) is 3.75. The highest BCUT2D eigenvalue weighted by Gasteiger charge is 2.22. The van der Waals surface area contributed by atoms with E-state index in [4.69, 9.17) is 20.3 Å². The summed E-state index contributed by atoms with van der Waals surface area (Å²) in [5.41, 5.74) is 6.01. The van der Waals surface area contributed by atoms with Crippen molar-refractivity contribution in [3.05, 3.63) is 47.4 Å². The normalized spacial score (nSPS) is 12.5. The maximum absolute atomic E-state index is 11.9. The molecule has 1 atom stereocenters. The molecule has 4 N–H and O–H groups in total. The first-order chi connectivity index (χ1) is 14.5. The lowest BCUT2D eigenvalue weighted by atomic mass is 10.1. The van der Waals surface area contributed by atoms with Gasteiger partial charge < -0.3 is 25.6 Å². The number of nitrogens with one attached hydrogen (secondary N) is 1. The minimum atomic E-state index is -1.26. The van der Waals surface area contributed by atoms with E-state index in [2.05, 4.69) is 10.3 Å². The molecular formula is C21H25N3O6S. The Labute approximate surface area is 183 Å². The highest BCUT2D eigenvalue weighted by atomic mass is 32.1. The van der Waals surface area contributed by atoms with Crippen molar-refractivity contribution in [3.8, 4) is 16.5 Å². The molecule has 2 aromatic rings. The van der Waals surface area contributed by atoms with Gasteiger partial charge in [0.2, 0.25) is 5.88 Å². The van der Waals surface area contributed by atoms with Gasteiger partial charge in [0.15, 0.2) is 4.88 Å². The average molecular weight is 448 g/mol. The van der Waals surface area contributed by atoms with E-state index < -0.39 is 23.9 Å². The van der Waals surface area contributed by atoms with Gasteiger partial charge in [-0.1, -0.05) is 30.3 Å². The van der Waals surface area contributed by atoms with Crippen LogP contribution >= 0.6 is 11.3 Å². The summed E-state index contributed by atoms with van der Waals surface area (Å²) in [4.78, 5) is 38.9. The van der Waals surface area contributed by atoms with Gasteiger partial charge in [0.1, 0.15) is 17.7 Å². The topological polar surface area (TPSA) is 141 Å². The Morgan fingerprint density at radius 1 is 1.23 bits per heavy atom. The van der Waals surface area contributed by atoms with Crippen LogP contribution in [0.15, 0.2) is 42.5 Å². The van der Waals surface area contributed by atoms with E-state index in [1.807, 2.05) is 51.1 Å². The van der Waals surface area contributed by atoms with Crippen molar-refractivity contribution in [3.63, 3.8) is 0 Å². The number of aromatic nitrogens is 1. The molecule has 0 radical (unpaired) electrons. The summed E-state index contributed by atoms with van der Waals surface area (Å²) in [6, 6.07) is 9.25. The first-order valence-corrected chi connectivity index (χ1v) is 10.2. The molecule has 1 heterocycles. The van der Waals surface area contributed by atoms with E-state index in [0.717, 1.165) is 23.0 Å². The number of esters is 1. The molecule has 0 unspecified atom stereocenters. The van der Waals surface area contributed by atoms with E-state index in [9.17, 15) is 14.4 Å². The van der Waals surface area contributed by atoms with Crippen LogP contribution in [0.25, 0.3) is 10.6 Å². The molecule has 0 fully saturated rings. The van der Waals surface area contributed by atoms with Crippen LogP contribution in [0.1, 0.15) is 30.4 Å². The van der Waals surface area contributed by atoms with Crippen LogP contribution in [0.4, 0.5) is 0 Å². The lowest BCUT2D eigenvalue weighted by Crippen LogP contribution is -2.44. The number of aliphatic carboxylic acids is 1. The maximum atomic E-state index is 11.9. The number of primary amides is 1. The summed E-state index contributed by atoms with van der Waals surface area (Å²) in [7, 11) is 0. The van der Waals surface area contributed by atoms with Gasteiger partial charge in [0, 0.05) is 29.8 Å². The zero-order valence-corrected chi connectivity index (χ0v) is 18.3. The van der Waals surface area contributed by atoms with Gasteiger partial charge in [-0.05, 0) is 20.8 Å². The molecule has 166 valence electrons. The number of carbonyl (C=O) groups is 3. The second kappa shape index (κ2) is 10.7. The molecule has 31 heavy (non-hydrogen) atoms. The molecule has 0 saturated carbocycles. The van der Waals surface area contributed by atoms with Crippen LogP contribution in [-0.2, 0) is 14.3 Å². The van der Waals surface area contributed by atoms with Crippen molar-refractivity contribution in [2.24, 2.45) is 5.73 Å². The smallest absolute Gasteiger partial charge is 0.331 e. The SMILES string of the molecule is CC(C)(C)NC[C@@H](COc1nc(-c2ccccc2)sc1C(N)=O)OC(=O)/C=C\C(=O)O. The summed E-state index contributed by atoms with van der Waals surface area (Å²) in [5, 5.41) is 12.4. The predicted octanol–water partition coefficient (Wildman–Crippen LogP) is 2.23. The van der Waals surface area contributed by atoms with Crippen molar-refractivity contribution >= 4 is 29.2 Å². The maximum Gasteiger partial charge on any atom is 0.331 e. The number of carbonyl (C=O) groups excluding carboxylic acids is 2. The van der Waals surface area contributed by atoms with Gasteiger partial charge in [-0.15, -0.1) is 11.3 Å².